The van der Waals surface area contributed by atoms with Gasteiger partial charge in [-0.15, -0.1) is 0 Å². The highest BCUT2D eigenvalue weighted by Crippen LogP contribution is 2.36. The third-order valence-corrected chi connectivity index (χ3v) is 4.49. The van der Waals surface area contributed by atoms with Crippen molar-refractivity contribution < 1.29 is 18.8 Å². The molecule has 0 unspecified atom stereocenters. The summed E-state index contributed by atoms with van der Waals surface area (Å²) in [5, 5.41) is 2.70. The molecular weight excluding hydrogens is 293 g/mol. The molecule has 1 heterocycles. The summed E-state index contributed by atoms with van der Waals surface area (Å²) in [4.78, 5) is 10.8. The van der Waals surface area contributed by atoms with Crippen LogP contribution < -0.4 is 15.5 Å². The maximum atomic E-state index is 10.8. The molecule has 0 aliphatic carbocycles. The van der Waals surface area contributed by atoms with E-state index in [9.17, 15) is 4.79 Å². The van der Waals surface area contributed by atoms with Crippen molar-refractivity contribution in [1.82, 2.24) is 5.32 Å². The van der Waals surface area contributed by atoms with Crippen LogP contribution in [0.5, 0.6) is 5.75 Å². The van der Waals surface area contributed by atoms with Gasteiger partial charge in [0.1, 0.15) is 12.4 Å². The minimum Gasteiger partial charge on any atom is -0.492 e. The van der Waals surface area contributed by atoms with E-state index < -0.39 is 0 Å². The van der Waals surface area contributed by atoms with Gasteiger partial charge in [-0.3, -0.25) is 4.79 Å². The Kier molecular flexibility index (Phi) is 5.06. The topological polar surface area (TPSA) is 56.8 Å². The molecule has 1 N–H and O–H groups in total. The molecule has 0 atom stereocenters. The first kappa shape index (κ1) is 17.8. The molecule has 0 aromatic heterocycles. The zero-order valence-corrected chi connectivity index (χ0v) is 14.9. The number of hydrogen-bond donors (Lipinski definition) is 1. The van der Waals surface area contributed by atoms with E-state index in [0.717, 1.165) is 16.8 Å². The summed E-state index contributed by atoms with van der Waals surface area (Å²) in [5.74, 6) is 0.717. The van der Waals surface area contributed by atoms with E-state index in [4.69, 9.17) is 14.0 Å². The van der Waals surface area contributed by atoms with E-state index in [1.165, 1.54) is 6.92 Å². The van der Waals surface area contributed by atoms with Gasteiger partial charge in [-0.05, 0) is 57.8 Å². The van der Waals surface area contributed by atoms with Crippen molar-refractivity contribution in [2.24, 2.45) is 0 Å². The Hall–Kier alpha value is -1.53. The van der Waals surface area contributed by atoms with Crippen LogP contribution in [0.1, 0.15) is 40.2 Å². The average molecular weight is 319 g/mol. The largest absolute Gasteiger partial charge is 0.495 e. The van der Waals surface area contributed by atoms with E-state index in [-0.39, 0.29) is 24.2 Å². The minimum atomic E-state index is -0.367. The molecule has 1 fully saturated rings. The molecule has 0 spiro atoms. The van der Waals surface area contributed by atoms with Gasteiger partial charge >= 0.3 is 7.12 Å². The van der Waals surface area contributed by atoms with E-state index in [2.05, 4.69) is 5.32 Å². The molecule has 23 heavy (non-hydrogen) atoms. The summed E-state index contributed by atoms with van der Waals surface area (Å²) in [6.45, 7) is 12.6. The van der Waals surface area contributed by atoms with Gasteiger partial charge < -0.3 is 19.4 Å². The lowest BCUT2D eigenvalue weighted by Crippen LogP contribution is -2.41. The number of hydrogen-bond acceptors (Lipinski definition) is 4. The number of rotatable bonds is 5. The van der Waals surface area contributed by atoms with Crippen LogP contribution in [0, 0.1) is 6.92 Å². The van der Waals surface area contributed by atoms with Gasteiger partial charge in [-0.1, -0.05) is 6.07 Å². The zero-order valence-electron chi connectivity index (χ0n) is 14.9. The fourth-order valence-electron chi connectivity index (χ4n) is 2.37. The molecule has 0 saturated carbocycles. The molecule has 1 aromatic rings. The number of ether oxygens (including phenoxy) is 1. The normalized spacial score (nSPS) is 18.8. The molecule has 1 amide bonds. The molecule has 2 rings (SSSR count). The maximum Gasteiger partial charge on any atom is 0.495 e. The SMILES string of the molecule is CC(=O)NCCOc1ccc(B2OC(C)(C)C(C)(C)O2)c(C)c1. The highest BCUT2D eigenvalue weighted by atomic mass is 16.7. The molecular formula is C17H26BNO4. The molecule has 6 heteroatoms. The number of amides is 1. The van der Waals surface area contributed by atoms with Gasteiger partial charge in [0.15, 0.2) is 0 Å². The Morgan fingerprint density at radius 3 is 2.35 bits per heavy atom. The molecule has 1 aliphatic rings. The number of carbonyl (C=O) groups is 1. The lowest BCUT2D eigenvalue weighted by molar-refractivity contribution is -0.119. The van der Waals surface area contributed by atoms with E-state index in [0.29, 0.717) is 13.2 Å². The van der Waals surface area contributed by atoms with E-state index in [1.54, 1.807) is 0 Å². The van der Waals surface area contributed by atoms with Crippen LogP contribution in [0.15, 0.2) is 18.2 Å². The average Bonchev–Trinajstić information content (AvgIpc) is 2.63. The van der Waals surface area contributed by atoms with Crippen LogP contribution >= 0.6 is 0 Å². The van der Waals surface area contributed by atoms with Crippen LogP contribution in [-0.2, 0) is 14.1 Å². The Morgan fingerprint density at radius 1 is 1.22 bits per heavy atom. The molecule has 1 aromatic carbocycles. The number of benzene rings is 1. The smallest absolute Gasteiger partial charge is 0.492 e. The lowest BCUT2D eigenvalue weighted by atomic mass is 9.76. The predicted octanol–water partition coefficient (Wildman–Crippen LogP) is 1.81. The summed E-state index contributed by atoms with van der Waals surface area (Å²) in [6, 6.07) is 5.85. The number of carbonyl (C=O) groups excluding carboxylic acids is 1. The first-order valence-electron chi connectivity index (χ1n) is 7.96. The Labute approximate surface area is 138 Å². The summed E-state index contributed by atoms with van der Waals surface area (Å²) in [7, 11) is -0.367. The summed E-state index contributed by atoms with van der Waals surface area (Å²) in [5.41, 5.74) is 1.37. The summed E-state index contributed by atoms with van der Waals surface area (Å²) in [6.07, 6.45) is 0. The minimum absolute atomic E-state index is 0.0547. The summed E-state index contributed by atoms with van der Waals surface area (Å²) >= 11 is 0. The van der Waals surface area contributed by atoms with Crippen LogP contribution in [0.3, 0.4) is 0 Å². The van der Waals surface area contributed by atoms with Crippen molar-refractivity contribution in [3.63, 3.8) is 0 Å². The van der Waals surface area contributed by atoms with Crippen molar-refractivity contribution in [3.05, 3.63) is 23.8 Å². The Bertz CT molecular complexity index is 570. The van der Waals surface area contributed by atoms with Gasteiger partial charge in [0.05, 0.1) is 17.7 Å². The van der Waals surface area contributed by atoms with Crippen molar-refractivity contribution in [2.45, 2.75) is 52.7 Å². The van der Waals surface area contributed by atoms with Gasteiger partial charge in [-0.2, -0.15) is 0 Å². The van der Waals surface area contributed by atoms with Crippen LogP contribution in [-0.4, -0.2) is 37.4 Å². The number of nitrogens with one attached hydrogen (secondary N) is 1. The maximum absolute atomic E-state index is 10.8. The molecule has 0 bridgehead atoms. The highest BCUT2D eigenvalue weighted by molar-refractivity contribution is 6.62. The second-order valence-corrected chi connectivity index (χ2v) is 6.94. The van der Waals surface area contributed by atoms with Crippen molar-refractivity contribution in [2.75, 3.05) is 13.2 Å². The number of aryl methyl sites for hydroxylation is 1. The van der Waals surface area contributed by atoms with Gasteiger partial charge in [0.2, 0.25) is 5.91 Å². The van der Waals surface area contributed by atoms with Crippen LogP contribution in [0.2, 0.25) is 0 Å². The second kappa shape index (κ2) is 6.53. The molecule has 5 nitrogen and oxygen atoms in total. The summed E-state index contributed by atoms with van der Waals surface area (Å²) < 4.78 is 17.8. The first-order chi connectivity index (χ1) is 10.6. The van der Waals surface area contributed by atoms with E-state index >= 15 is 0 Å². The molecule has 1 aliphatic heterocycles. The standard InChI is InChI=1S/C17H26BNO4/c1-12-11-14(21-10-9-19-13(2)20)7-8-15(12)18-22-16(3,4)17(5,6)23-18/h7-8,11H,9-10H2,1-6H3,(H,19,20). The van der Waals surface area contributed by atoms with Crippen LogP contribution in [0.4, 0.5) is 0 Å². The second-order valence-electron chi connectivity index (χ2n) is 6.94. The lowest BCUT2D eigenvalue weighted by Gasteiger charge is -2.32. The van der Waals surface area contributed by atoms with Crippen molar-refractivity contribution >= 4 is 18.5 Å². The third kappa shape index (κ3) is 4.06. The van der Waals surface area contributed by atoms with Crippen LogP contribution in [0.25, 0.3) is 0 Å². The van der Waals surface area contributed by atoms with Crippen molar-refractivity contribution in [3.8, 4) is 5.75 Å². The quantitative estimate of drug-likeness (QED) is 0.664. The molecule has 0 radical (unpaired) electrons. The van der Waals surface area contributed by atoms with E-state index in [1.807, 2.05) is 52.8 Å². The Morgan fingerprint density at radius 2 is 1.83 bits per heavy atom. The molecule has 1 saturated heterocycles. The first-order valence-corrected chi connectivity index (χ1v) is 7.96. The third-order valence-electron chi connectivity index (χ3n) is 4.49. The van der Waals surface area contributed by atoms with Gasteiger partial charge in [-0.25, -0.2) is 0 Å². The fraction of sp³-hybridized carbons (Fsp3) is 0.588. The van der Waals surface area contributed by atoms with Crippen molar-refractivity contribution in [1.29, 1.82) is 0 Å². The zero-order chi connectivity index (χ0) is 17.3. The predicted molar refractivity (Wildman–Crippen MR) is 91.1 cm³/mol. The monoisotopic (exact) mass is 319 g/mol. The van der Waals surface area contributed by atoms with Gasteiger partial charge in [0, 0.05) is 6.92 Å². The molecule has 126 valence electrons. The Balaban J connectivity index is 2.02. The fourth-order valence-corrected chi connectivity index (χ4v) is 2.37. The highest BCUT2D eigenvalue weighted by Gasteiger charge is 2.52. The van der Waals surface area contributed by atoms with Gasteiger partial charge in [0.25, 0.3) is 0 Å².